The van der Waals surface area contributed by atoms with Gasteiger partial charge in [0.15, 0.2) is 0 Å². The van der Waals surface area contributed by atoms with Crippen molar-refractivity contribution in [3.63, 3.8) is 0 Å². The topological polar surface area (TPSA) is 37.3 Å². The van der Waals surface area contributed by atoms with Crippen molar-refractivity contribution in [1.29, 1.82) is 0 Å². The summed E-state index contributed by atoms with van der Waals surface area (Å²) in [6, 6.07) is 5.86. The molecular weight excluding hydrogens is 202 g/mol. The molecule has 82 valence electrons. The summed E-state index contributed by atoms with van der Waals surface area (Å²) in [6.45, 7) is 1.55. The Morgan fingerprint density at radius 2 is 2.13 bits per heavy atom. The summed E-state index contributed by atoms with van der Waals surface area (Å²) in [4.78, 5) is 10.6. The maximum absolute atomic E-state index is 12.3. The fourth-order valence-electron chi connectivity index (χ4n) is 1.30. The number of carbonyl (C=O) groups is 1. The van der Waals surface area contributed by atoms with Crippen LogP contribution in [0.3, 0.4) is 0 Å². The lowest BCUT2D eigenvalue weighted by Gasteiger charge is -2.07. The van der Waals surface area contributed by atoms with Crippen LogP contribution in [0.5, 0.6) is 0 Å². The molecule has 15 heavy (non-hydrogen) atoms. The van der Waals surface area contributed by atoms with Crippen LogP contribution in [0.15, 0.2) is 24.3 Å². The molecule has 1 rings (SSSR count). The van der Waals surface area contributed by atoms with Gasteiger partial charge in [0.2, 0.25) is 0 Å². The first kappa shape index (κ1) is 11.6. The molecule has 0 fully saturated rings. The van der Waals surface area contributed by atoms with Gasteiger partial charge in [-0.3, -0.25) is 4.79 Å². The first-order chi connectivity index (χ1) is 7.00. The van der Waals surface area contributed by atoms with E-state index in [1.54, 1.807) is 13.0 Å². The Morgan fingerprint density at radius 1 is 1.47 bits per heavy atom. The Morgan fingerprint density at radius 3 is 2.67 bits per heavy atom. The average Bonchev–Trinajstić information content (AvgIpc) is 2.18. The summed E-state index contributed by atoms with van der Waals surface area (Å²) in [6.07, 6.45) is -2.24. The summed E-state index contributed by atoms with van der Waals surface area (Å²) < 4.78 is 24.7. The highest BCUT2D eigenvalue weighted by Crippen LogP contribution is 2.20. The number of hydrogen-bond acceptors (Lipinski definition) is 1. The summed E-state index contributed by atoms with van der Waals surface area (Å²) in [5.41, 5.74) is 0.563. The molecule has 0 amide bonds. The number of rotatable bonds is 4. The highest BCUT2D eigenvalue weighted by molar-refractivity contribution is 5.69. The van der Waals surface area contributed by atoms with Crippen LogP contribution in [0.2, 0.25) is 0 Å². The van der Waals surface area contributed by atoms with Gasteiger partial charge in [-0.1, -0.05) is 31.2 Å². The predicted octanol–water partition coefficient (Wildman–Crippen LogP) is 2.89. The second-order valence-electron chi connectivity index (χ2n) is 3.49. The molecule has 0 heterocycles. The first-order valence-electron chi connectivity index (χ1n) is 4.60. The lowest BCUT2D eigenvalue weighted by atomic mass is 10.00. The van der Waals surface area contributed by atoms with Gasteiger partial charge < -0.3 is 5.11 Å². The van der Waals surface area contributed by atoms with Crippen molar-refractivity contribution in [3.05, 3.63) is 35.4 Å². The lowest BCUT2D eigenvalue weighted by Crippen LogP contribution is -2.12. The first-order valence-corrected chi connectivity index (χ1v) is 4.60. The normalized spacial score (nSPS) is 12.8. The maximum atomic E-state index is 12.3. The molecule has 1 aromatic carbocycles. The van der Waals surface area contributed by atoms with Gasteiger partial charge in [0.05, 0.1) is 5.92 Å². The minimum atomic E-state index is -2.51. The van der Waals surface area contributed by atoms with E-state index >= 15 is 0 Å². The van der Waals surface area contributed by atoms with Crippen LogP contribution in [0, 0.1) is 5.92 Å². The third-order valence-electron chi connectivity index (χ3n) is 2.17. The molecular formula is C11H12F2O2. The van der Waals surface area contributed by atoms with E-state index in [-0.39, 0.29) is 12.0 Å². The second kappa shape index (κ2) is 4.87. The van der Waals surface area contributed by atoms with E-state index in [2.05, 4.69) is 0 Å². The molecule has 0 bridgehead atoms. The number of carboxylic acid groups (broad SMARTS) is 1. The fourth-order valence-corrected chi connectivity index (χ4v) is 1.30. The van der Waals surface area contributed by atoms with E-state index in [4.69, 9.17) is 5.11 Å². The quantitative estimate of drug-likeness (QED) is 0.836. The van der Waals surface area contributed by atoms with Crippen LogP contribution in [-0.4, -0.2) is 11.1 Å². The molecule has 1 unspecified atom stereocenters. The van der Waals surface area contributed by atoms with Crippen molar-refractivity contribution < 1.29 is 18.7 Å². The second-order valence-corrected chi connectivity index (χ2v) is 3.49. The van der Waals surface area contributed by atoms with E-state index in [0.717, 1.165) is 0 Å². The zero-order chi connectivity index (χ0) is 11.4. The molecule has 2 nitrogen and oxygen atoms in total. The van der Waals surface area contributed by atoms with Gasteiger partial charge in [0.25, 0.3) is 6.43 Å². The van der Waals surface area contributed by atoms with Crippen LogP contribution in [0.25, 0.3) is 0 Å². The smallest absolute Gasteiger partial charge is 0.306 e. The molecule has 0 aliphatic carbocycles. The van der Waals surface area contributed by atoms with Gasteiger partial charge >= 0.3 is 5.97 Å². The molecule has 0 radical (unpaired) electrons. The molecule has 0 aromatic heterocycles. The monoisotopic (exact) mass is 214 g/mol. The Bertz CT molecular complexity index is 350. The van der Waals surface area contributed by atoms with Crippen LogP contribution in [-0.2, 0) is 11.2 Å². The molecule has 0 saturated carbocycles. The zero-order valence-corrected chi connectivity index (χ0v) is 8.28. The predicted molar refractivity (Wildman–Crippen MR) is 51.9 cm³/mol. The standard InChI is InChI=1S/C11H12F2O2/c1-7(11(14)15)5-8-3-2-4-9(6-8)10(12)13/h2-4,6-7,10H,5H2,1H3,(H,14,15). The summed E-state index contributed by atoms with van der Waals surface area (Å²) in [7, 11) is 0. The third kappa shape index (κ3) is 3.31. The van der Waals surface area contributed by atoms with E-state index < -0.39 is 18.3 Å². The van der Waals surface area contributed by atoms with Gasteiger partial charge in [-0.25, -0.2) is 8.78 Å². The zero-order valence-electron chi connectivity index (χ0n) is 8.28. The summed E-state index contributed by atoms with van der Waals surface area (Å²) in [5.74, 6) is -1.48. The number of hydrogen-bond donors (Lipinski definition) is 1. The van der Waals surface area contributed by atoms with Crippen molar-refractivity contribution in [2.75, 3.05) is 0 Å². The lowest BCUT2D eigenvalue weighted by molar-refractivity contribution is -0.141. The minimum Gasteiger partial charge on any atom is -0.481 e. The molecule has 1 N–H and O–H groups in total. The van der Waals surface area contributed by atoms with E-state index in [0.29, 0.717) is 5.56 Å². The third-order valence-corrected chi connectivity index (χ3v) is 2.17. The van der Waals surface area contributed by atoms with Crippen molar-refractivity contribution in [3.8, 4) is 0 Å². The van der Waals surface area contributed by atoms with Gasteiger partial charge in [0.1, 0.15) is 0 Å². The fraction of sp³-hybridized carbons (Fsp3) is 0.364. The van der Waals surface area contributed by atoms with Crippen molar-refractivity contribution in [1.82, 2.24) is 0 Å². The molecule has 0 aliphatic heterocycles. The molecule has 1 atom stereocenters. The maximum Gasteiger partial charge on any atom is 0.306 e. The van der Waals surface area contributed by atoms with Gasteiger partial charge in [-0.15, -0.1) is 0 Å². The van der Waals surface area contributed by atoms with Crippen molar-refractivity contribution in [2.24, 2.45) is 5.92 Å². The summed E-state index contributed by atoms with van der Waals surface area (Å²) in [5, 5.41) is 8.67. The number of alkyl halides is 2. The Labute approximate surface area is 86.5 Å². The molecule has 0 saturated heterocycles. The SMILES string of the molecule is CC(Cc1cccc(C(F)F)c1)C(=O)O. The van der Waals surface area contributed by atoms with Crippen LogP contribution >= 0.6 is 0 Å². The number of benzene rings is 1. The van der Waals surface area contributed by atoms with Crippen molar-refractivity contribution >= 4 is 5.97 Å². The number of halogens is 2. The molecule has 1 aromatic rings. The Kier molecular flexibility index (Phi) is 3.77. The number of aliphatic carboxylic acids is 1. The highest BCUT2D eigenvalue weighted by Gasteiger charge is 2.13. The Balaban J connectivity index is 2.78. The highest BCUT2D eigenvalue weighted by atomic mass is 19.3. The van der Waals surface area contributed by atoms with Gasteiger partial charge in [0, 0.05) is 5.56 Å². The van der Waals surface area contributed by atoms with Gasteiger partial charge in [-0.05, 0) is 12.0 Å². The minimum absolute atomic E-state index is 0.0647. The van der Waals surface area contributed by atoms with Crippen molar-refractivity contribution in [2.45, 2.75) is 19.8 Å². The number of carboxylic acids is 1. The van der Waals surface area contributed by atoms with Crippen LogP contribution < -0.4 is 0 Å². The molecule has 0 spiro atoms. The van der Waals surface area contributed by atoms with E-state index in [1.807, 2.05) is 0 Å². The van der Waals surface area contributed by atoms with E-state index in [9.17, 15) is 13.6 Å². The van der Waals surface area contributed by atoms with Gasteiger partial charge in [-0.2, -0.15) is 0 Å². The largest absolute Gasteiger partial charge is 0.481 e. The summed E-state index contributed by atoms with van der Waals surface area (Å²) >= 11 is 0. The Hall–Kier alpha value is -1.45. The van der Waals surface area contributed by atoms with Crippen LogP contribution in [0.1, 0.15) is 24.5 Å². The van der Waals surface area contributed by atoms with Crippen LogP contribution in [0.4, 0.5) is 8.78 Å². The molecule has 4 heteroatoms. The molecule has 0 aliphatic rings. The van der Waals surface area contributed by atoms with E-state index in [1.165, 1.54) is 18.2 Å². The average molecular weight is 214 g/mol.